The average Bonchev–Trinajstić information content (AvgIpc) is 3.42. The lowest BCUT2D eigenvalue weighted by Crippen LogP contribution is -2.44. The van der Waals surface area contributed by atoms with E-state index in [1.807, 2.05) is 19.1 Å². The molecular formula is C21H23N7O3S. The first-order valence-corrected chi connectivity index (χ1v) is 12.1. The number of aromatic nitrogens is 6. The predicted octanol–water partition coefficient (Wildman–Crippen LogP) is 2.12. The van der Waals surface area contributed by atoms with E-state index < -0.39 is 9.84 Å². The van der Waals surface area contributed by atoms with Gasteiger partial charge in [0.15, 0.2) is 26.5 Å². The average molecular weight is 454 g/mol. The molecule has 166 valence electrons. The number of aryl methyl sites for hydroxylation is 1. The summed E-state index contributed by atoms with van der Waals surface area (Å²) in [4.78, 5) is 11.0. The number of hydrogen-bond acceptors (Lipinski definition) is 8. The number of rotatable bonds is 4. The van der Waals surface area contributed by atoms with Crippen LogP contribution in [0.3, 0.4) is 0 Å². The number of nitrogens with one attached hydrogen (secondary N) is 1. The quantitative estimate of drug-likeness (QED) is 0.499. The van der Waals surface area contributed by atoms with Crippen molar-refractivity contribution in [2.24, 2.45) is 0 Å². The zero-order chi connectivity index (χ0) is 22.5. The third-order valence-corrected chi connectivity index (χ3v) is 6.63. The van der Waals surface area contributed by atoms with E-state index in [1.165, 1.54) is 0 Å². The fourth-order valence-corrected chi connectivity index (χ4v) is 4.60. The standard InChI is InChI=1S/C21H23N7O3S/c1-13-8-20(32(3,29)30)22-10-16(13)15-9-19(27-6-7-31-12-14(27)2)26-28-18(15)11-23-21(28)17-4-5-24-25-17/h4-5,8-11,14H,6-7,12H2,1-3H3,(H,24,25)/t14-/m1/s1. The molecule has 1 atom stereocenters. The Kier molecular flexibility index (Phi) is 4.94. The highest BCUT2D eigenvalue weighted by atomic mass is 32.2. The molecule has 5 rings (SSSR count). The highest BCUT2D eigenvalue weighted by molar-refractivity contribution is 7.90. The van der Waals surface area contributed by atoms with Crippen molar-refractivity contribution < 1.29 is 13.2 Å². The molecule has 0 radical (unpaired) electrons. The Hall–Kier alpha value is -3.31. The van der Waals surface area contributed by atoms with Crippen LogP contribution in [0.4, 0.5) is 5.82 Å². The number of hydrogen-bond donors (Lipinski definition) is 1. The highest BCUT2D eigenvalue weighted by Gasteiger charge is 2.24. The van der Waals surface area contributed by atoms with Gasteiger partial charge in [0.25, 0.3) is 0 Å². The monoisotopic (exact) mass is 453 g/mol. The van der Waals surface area contributed by atoms with Gasteiger partial charge in [0.05, 0.1) is 31.0 Å². The molecule has 0 aliphatic carbocycles. The van der Waals surface area contributed by atoms with Crippen LogP contribution in [0.1, 0.15) is 12.5 Å². The lowest BCUT2D eigenvalue weighted by atomic mass is 10.0. The van der Waals surface area contributed by atoms with Gasteiger partial charge in [0.1, 0.15) is 5.69 Å². The molecule has 5 heterocycles. The van der Waals surface area contributed by atoms with Crippen LogP contribution in [0.15, 0.2) is 41.8 Å². The number of imidazole rings is 1. The van der Waals surface area contributed by atoms with E-state index in [0.29, 0.717) is 19.0 Å². The van der Waals surface area contributed by atoms with Crippen LogP contribution in [0.25, 0.3) is 28.2 Å². The smallest absolute Gasteiger partial charge is 0.192 e. The van der Waals surface area contributed by atoms with E-state index in [-0.39, 0.29) is 11.1 Å². The first-order valence-electron chi connectivity index (χ1n) is 10.2. The summed E-state index contributed by atoms with van der Waals surface area (Å²) < 4.78 is 31.3. The number of pyridine rings is 1. The normalized spacial score (nSPS) is 17.2. The zero-order valence-corrected chi connectivity index (χ0v) is 18.8. The molecule has 0 spiro atoms. The van der Waals surface area contributed by atoms with E-state index in [0.717, 1.165) is 46.5 Å². The van der Waals surface area contributed by atoms with Crippen LogP contribution in [0.5, 0.6) is 0 Å². The molecule has 0 aromatic carbocycles. The van der Waals surface area contributed by atoms with Crippen molar-refractivity contribution in [1.29, 1.82) is 0 Å². The molecule has 0 amide bonds. The Bertz CT molecular complexity index is 1400. The lowest BCUT2D eigenvalue weighted by molar-refractivity contribution is 0.0984. The zero-order valence-electron chi connectivity index (χ0n) is 18.0. The van der Waals surface area contributed by atoms with Crippen LogP contribution in [-0.4, -0.2) is 70.3 Å². The van der Waals surface area contributed by atoms with Crippen LogP contribution in [0, 0.1) is 6.92 Å². The van der Waals surface area contributed by atoms with Gasteiger partial charge < -0.3 is 9.64 Å². The Morgan fingerprint density at radius 2 is 2.03 bits per heavy atom. The maximum atomic E-state index is 12.0. The molecule has 1 fully saturated rings. The lowest BCUT2D eigenvalue weighted by Gasteiger charge is -2.34. The van der Waals surface area contributed by atoms with E-state index in [4.69, 9.17) is 9.84 Å². The third-order valence-electron chi connectivity index (χ3n) is 5.65. The van der Waals surface area contributed by atoms with Crippen LogP contribution < -0.4 is 4.90 Å². The number of H-pyrrole nitrogens is 1. The largest absolute Gasteiger partial charge is 0.377 e. The maximum absolute atomic E-state index is 12.0. The van der Waals surface area contributed by atoms with Crippen LogP contribution in [-0.2, 0) is 14.6 Å². The third kappa shape index (κ3) is 3.53. The fourth-order valence-electron chi connectivity index (χ4n) is 3.97. The van der Waals surface area contributed by atoms with Gasteiger partial charge in [-0.2, -0.15) is 5.10 Å². The van der Waals surface area contributed by atoms with Crippen molar-refractivity contribution in [3.63, 3.8) is 0 Å². The first kappa shape index (κ1) is 20.6. The molecule has 1 aliphatic heterocycles. The number of aromatic amines is 1. The Morgan fingerprint density at radius 3 is 2.72 bits per heavy atom. The van der Waals surface area contributed by atoms with Crippen molar-refractivity contribution in [1.82, 2.24) is 29.8 Å². The SMILES string of the molecule is Cc1cc(S(C)(=O)=O)ncc1-c1cc(N2CCOC[C@H]2C)nn2c(-c3ccn[nH]3)ncc12. The first-order chi connectivity index (χ1) is 15.3. The number of anilines is 1. The minimum atomic E-state index is -3.40. The van der Waals surface area contributed by atoms with Gasteiger partial charge in [-0.15, -0.1) is 5.10 Å². The van der Waals surface area contributed by atoms with Crippen LogP contribution in [0.2, 0.25) is 0 Å². The Labute approximate surface area is 185 Å². The second-order valence-electron chi connectivity index (χ2n) is 7.99. The highest BCUT2D eigenvalue weighted by Crippen LogP contribution is 2.33. The van der Waals surface area contributed by atoms with Gasteiger partial charge in [0, 0.05) is 36.3 Å². The topological polar surface area (TPSA) is 118 Å². The van der Waals surface area contributed by atoms with Gasteiger partial charge in [-0.25, -0.2) is 22.9 Å². The van der Waals surface area contributed by atoms with E-state index in [1.54, 1.807) is 29.2 Å². The van der Waals surface area contributed by atoms with Gasteiger partial charge in [0.2, 0.25) is 0 Å². The number of sulfone groups is 1. The van der Waals surface area contributed by atoms with Crippen molar-refractivity contribution in [3.05, 3.63) is 42.4 Å². The summed E-state index contributed by atoms with van der Waals surface area (Å²) in [5.74, 6) is 1.42. The van der Waals surface area contributed by atoms with Gasteiger partial charge in [-0.1, -0.05) is 0 Å². The molecular weight excluding hydrogens is 430 g/mol. The van der Waals surface area contributed by atoms with Crippen molar-refractivity contribution in [2.45, 2.75) is 24.9 Å². The molecule has 0 saturated carbocycles. The molecule has 1 N–H and O–H groups in total. The maximum Gasteiger partial charge on any atom is 0.192 e. The molecule has 4 aromatic heterocycles. The van der Waals surface area contributed by atoms with E-state index >= 15 is 0 Å². The number of fused-ring (bicyclic) bond motifs is 1. The summed E-state index contributed by atoms with van der Waals surface area (Å²) in [6, 6.07) is 5.62. The van der Waals surface area contributed by atoms with Crippen molar-refractivity contribution in [3.8, 4) is 22.6 Å². The van der Waals surface area contributed by atoms with Crippen LogP contribution >= 0.6 is 0 Å². The van der Waals surface area contributed by atoms with Gasteiger partial charge >= 0.3 is 0 Å². The molecule has 1 saturated heterocycles. The van der Waals surface area contributed by atoms with Gasteiger partial charge in [-0.3, -0.25) is 5.10 Å². The second kappa shape index (κ2) is 7.68. The molecule has 11 heteroatoms. The molecule has 4 aromatic rings. The summed E-state index contributed by atoms with van der Waals surface area (Å²) in [6.45, 7) is 5.95. The summed E-state index contributed by atoms with van der Waals surface area (Å²) >= 11 is 0. The minimum Gasteiger partial charge on any atom is -0.377 e. The summed E-state index contributed by atoms with van der Waals surface area (Å²) in [5.41, 5.74) is 4.04. The van der Waals surface area contributed by atoms with Crippen molar-refractivity contribution >= 4 is 21.2 Å². The Balaban J connectivity index is 1.75. The predicted molar refractivity (Wildman–Crippen MR) is 119 cm³/mol. The molecule has 32 heavy (non-hydrogen) atoms. The number of morpholine rings is 1. The summed E-state index contributed by atoms with van der Waals surface area (Å²) in [7, 11) is -3.40. The molecule has 1 aliphatic rings. The van der Waals surface area contributed by atoms with Crippen molar-refractivity contribution in [2.75, 3.05) is 30.9 Å². The number of ether oxygens (including phenoxy) is 1. The van der Waals surface area contributed by atoms with E-state index in [9.17, 15) is 8.42 Å². The molecule has 10 nitrogen and oxygen atoms in total. The fraction of sp³-hybridized carbons (Fsp3) is 0.333. The van der Waals surface area contributed by atoms with E-state index in [2.05, 4.69) is 32.0 Å². The molecule has 0 unspecified atom stereocenters. The van der Waals surface area contributed by atoms with Gasteiger partial charge in [-0.05, 0) is 37.6 Å². The Morgan fingerprint density at radius 1 is 1.19 bits per heavy atom. The summed E-state index contributed by atoms with van der Waals surface area (Å²) in [5, 5.41) is 11.9. The summed E-state index contributed by atoms with van der Waals surface area (Å²) in [6.07, 6.45) is 6.19. The molecule has 0 bridgehead atoms. The minimum absolute atomic E-state index is 0.0532. The second-order valence-corrected chi connectivity index (χ2v) is 9.95. The number of nitrogens with zero attached hydrogens (tertiary/aromatic N) is 6.